The molecule has 136 valence electrons. The van der Waals surface area contributed by atoms with E-state index in [2.05, 4.69) is 26.2 Å². The first-order valence-electron chi connectivity index (χ1n) is 8.07. The van der Waals surface area contributed by atoms with Gasteiger partial charge in [-0.25, -0.2) is 4.79 Å². The van der Waals surface area contributed by atoms with Gasteiger partial charge in [-0.05, 0) is 45.0 Å². The molecule has 1 N–H and O–H groups in total. The Labute approximate surface area is 156 Å². The zero-order chi connectivity index (χ0) is 18.3. The van der Waals surface area contributed by atoms with E-state index in [0.717, 1.165) is 21.1 Å². The van der Waals surface area contributed by atoms with E-state index in [1.54, 1.807) is 6.20 Å². The molecular weight excluding hydrogens is 388 g/mol. The summed E-state index contributed by atoms with van der Waals surface area (Å²) in [6.45, 7) is 7.09. The van der Waals surface area contributed by atoms with E-state index in [0.29, 0.717) is 26.4 Å². The van der Waals surface area contributed by atoms with Crippen LogP contribution < -0.4 is 10.1 Å². The summed E-state index contributed by atoms with van der Waals surface area (Å²) in [6.07, 6.45) is 1.28. The van der Waals surface area contributed by atoms with Crippen LogP contribution in [0, 0.1) is 0 Å². The molecule has 2 rings (SSSR count). The van der Waals surface area contributed by atoms with Gasteiger partial charge in [0.15, 0.2) is 0 Å². The number of nitrogens with one attached hydrogen (secondary N) is 1. The number of benzene rings is 1. The third kappa shape index (κ3) is 6.88. The van der Waals surface area contributed by atoms with Gasteiger partial charge in [0.1, 0.15) is 18.0 Å². The zero-order valence-corrected chi connectivity index (χ0v) is 16.3. The van der Waals surface area contributed by atoms with Crippen LogP contribution in [0.2, 0.25) is 0 Å². The average molecular weight is 411 g/mol. The molecule has 0 spiro atoms. The lowest BCUT2D eigenvalue weighted by molar-refractivity contribution is 0.0489. The lowest BCUT2D eigenvalue weighted by atomic mass is 10.2. The number of carbonyl (C=O) groups excluding carboxylic acids is 1. The molecule has 0 saturated heterocycles. The summed E-state index contributed by atoms with van der Waals surface area (Å²) in [4.78, 5) is 15.8. The molecule has 0 aliphatic heterocycles. The van der Waals surface area contributed by atoms with Crippen molar-refractivity contribution >= 4 is 32.9 Å². The fourth-order valence-electron chi connectivity index (χ4n) is 2.07. The van der Waals surface area contributed by atoms with E-state index in [9.17, 15) is 4.79 Å². The van der Waals surface area contributed by atoms with Crippen LogP contribution in [0.5, 0.6) is 5.75 Å². The fourth-order valence-corrected chi connectivity index (χ4v) is 2.43. The van der Waals surface area contributed by atoms with Crippen LogP contribution in [0.1, 0.15) is 20.8 Å². The molecule has 0 radical (unpaired) electrons. The van der Waals surface area contributed by atoms with E-state index in [4.69, 9.17) is 14.2 Å². The summed E-state index contributed by atoms with van der Waals surface area (Å²) in [6, 6.07) is 7.69. The highest BCUT2D eigenvalue weighted by Gasteiger charge is 2.15. The minimum absolute atomic E-state index is 0.389. The SMILES string of the molecule is CC(C)(C)OC(=O)NCCOCCOc1ccnc2ccc(Br)cc12. The van der Waals surface area contributed by atoms with Crippen LogP contribution >= 0.6 is 15.9 Å². The van der Waals surface area contributed by atoms with Crippen LogP contribution in [0.4, 0.5) is 4.79 Å². The number of aromatic nitrogens is 1. The first kappa shape index (κ1) is 19.5. The molecule has 6 nitrogen and oxygen atoms in total. The Hall–Kier alpha value is -1.86. The van der Waals surface area contributed by atoms with Crippen LogP contribution in [-0.2, 0) is 9.47 Å². The first-order chi connectivity index (χ1) is 11.8. The van der Waals surface area contributed by atoms with Crippen molar-refractivity contribution in [3.63, 3.8) is 0 Å². The Balaban J connectivity index is 1.67. The van der Waals surface area contributed by atoms with Gasteiger partial charge in [0.25, 0.3) is 0 Å². The summed E-state index contributed by atoms with van der Waals surface area (Å²) in [5.41, 5.74) is 0.379. The monoisotopic (exact) mass is 410 g/mol. The number of nitrogens with zero attached hydrogens (tertiary/aromatic N) is 1. The van der Waals surface area contributed by atoms with Gasteiger partial charge in [-0.3, -0.25) is 4.98 Å². The number of amides is 1. The predicted octanol–water partition coefficient (Wildman–Crippen LogP) is 3.92. The Kier molecular flexibility index (Phi) is 7.01. The van der Waals surface area contributed by atoms with Crippen molar-refractivity contribution in [2.75, 3.05) is 26.4 Å². The second-order valence-corrected chi connectivity index (χ2v) is 7.28. The normalized spacial score (nSPS) is 11.4. The Bertz CT molecular complexity index is 716. The van der Waals surface area contributed by atoms with Gasteiger partial charge in [-0.15, -0.1) is 0 Å². The van der Waals surface area contributed by atoms with Crippen molar-refractivity contribution in [2.24, 2.45) is 0 Å². The maximum Gasteiger partial charge on any atom is 0.407 e. The van der Waals surface area contributed by atoms with Crippen molar-refractivity contribution < 1.29 is 19.0 Å². The summed E-state index contributed by atoms with van der Waals surface area (Å²) < 4.78 is 17.3. The molecule has 1 heterocycles. The van der Waals surface area contributed by atoms with Crippen molar-refractivity contribution in [1.29, 1.82) is 0 Å². The van der Waals surface area contributed by atoms with Gasteiger partial charge in [-0.1, -0.05) is 15.9 Å². The zero-order valence-electron chi connectivity index (χ0n) is 14.7. The van der Waals surface area contributed by atoms with E-state index < -0.39 is 11.7 Å². The van der Waals surface area contributed by atoms with Gasteiger partial charge in [0.05, 0.1) is 18.7 Å². The largest absolute Gasteiger partial charge is 0.490 e. The first-order valence-corrected chi connectivity index (χ1v) is 8.86. The number of halogens is 1. The molecule has 1 aromatic heterocycles. The molecule has 7 heteroatoms. The van der Waals surface area contributed by atoms with Crippen LogP contribution in [0.3, 0.4) is 0 Å². The predicted molar refractivity (Wildman–Crippen MR) is 100.0 cm³/mol. The number of hydrogen-bond acceptors (Lipinski definition) is 5. The summed E-state index contributed by atoms with van der Waals surface area (Å²) in [5.74, 6) is 0.766. The third-order valence-corrected chi connectivity index (χ3v) is 3.56. The number of alkyl carbamates (subject to hydrolysis) is 1. The van der Waals surface area contributed by atoms with E-state index in [1.165, 1.54) is 0 Å². The Morgan fingerprint density at radius 1 is 1.20 bits per heavy atom. The van der Waals surface area contributed by atoms with E-state index in [-0.39, 0.29) is 0 Å². The minimum Gasteiger partial charge on any atom is -0.490 e. The number of pyridine rings is 1. The quantitative estimate of drug-likeness (QED) is 0.700. The summed E-state index contributed by atoms with van der Waals surface area (Å²) in [7, 11) is 0. The highest BCUT2D eigenvalue weighted by molar-refractivity contribution is 9.10. The van der Waals surface area contributed by atoms with Crippen molar-refractivity contribution in [3.05, 3.63) is 34.9 Å². The average Bonchev–Trinajstić information content (AvgIpc) is 2.52. The Morgan fingerprint density at radius 2 is 2.00 bits per heavy atom. The second-order valence-electron chi connectivity index (χ2n) is 6.36. The summed E-state index contributed by atoms with van der Waals surface area (Å²) >= 11 is 3.45. The maximum atomic E-state index is 11.5. The van der Waals surface area contributed by atoms with Crippen molar-refractivity contribution in [1.82, 2.24) is 10.3 Å². The Morgan fingerprint density at radius 3 is 2.76 bits per heavy atom. The topological polar surface area (TPSA) is 69.7 Å². The van der Waals surface area contributed by atoms with Crippen LogP contribution in [0.25, 0.3) is 10.9 Å². The lowest BCUT2D eigenvalue weighted by Gasteiger charge is -2.19. The van der Waals surface area contributed by atoms with Crippen molar-refractivity contribution in [3.8, 4) is 5.75 Å². The van der Waals surface area contributed by atoms with Crippen LogP contribution in [0.15, 0.2) is 34.9 Å². The lowest BCUT2D eigenvalue weighted by Crippen LogP contribution is -2.34. The third-order valence-electron chi connectivity index (χ3n) is 3.06. The molecule has 1 aromatic carbocycles. The number of hydrogen-bond donors (Lipinski definition) is 1. The second kappa shape index (κ2) is 9.01. The molecule has 0 unspecified atom stereocenters. The van der Waals surface area contributed by atoms with E-state index >= 15 is 0 Å². The smallest absolute Gasteiger partial charge is 0.407 e. The number of rotatable bonds is 7. The standard InChI is InChI=1S/C18H23BrN2O4/c1-18(2,3)25-17(22)21-8-9-23-10-11-24-16-6-7-20-15-5-4-13(19)12-14(15)16/h4-7,12H,8-11H2,1-3H3,(H,21,22). The van der Waals surface area contributed by atoms with Crippen LogP contribution in [-0.4, -0.2) is 43.0 Å². The van der Waals surface area contributed by atoms with Gasteiger partial charge < -0.3 is 19.5 Å². The summed E-state index contributed by atoms with van der Waals surface area (Å²) in [5, 5.41) is 3.59. The molecule has 2 aromatic rings. The van der Waals surface area contributed by atoms with Gasteiger partial charge in [0, 0.05) is 22.6 Å². The molecule has 0 aliphatic rings. The highest BCUT2D eigenvalue weighted by atomic mass is 79.9. The van der Waals surface area contributed by atoms with Gasteiger partial charge in [0.2, 0.25) is 0 Å². The molecule has 0 bridgehead atoms. The van der Waals surface area contributed by atoms with E-state index in [1.807, 2.05) is 45.0 Å². The highest BCUT2D eigenvalue weighted by Crippen LogP contribution is 2.26. The fraction of sp³-hybridized carbons (Fsp3) is 0.444. The molecule has 0 aliphatic carbocycles. The molecule has 1 amide bonds. The van der Waals surface area contributed by atoms with Gasteiger partial charge in [-0.2, -0.15) is 0 Å². The van der Waals surface area contributed by atoms with Gasteiger partial charge >= 0.3 is 6.09 Å². The molecule has 0 atom stereocenters. The van der Waals surface area contributed by atoms with Crippen molar-refractivity contribution in [2.45, 2.75) is 26.4 Å². The molecule has 0 fully saturated rings. The number of ether oxygens (including phenoxy) is 3. The maximum absolute atomic E-state index is 11.5. The molecule has 0 saturated carbocycles. The minimum atomic E-state index is -0.499. The molecular formula is C18H23BrN2O4. The number of carbonyl (C=O) groups is 1. The number of fused-ring (bicyclic) bond motifs is 1. The molecule has 25 heavy (non-hydrogen) atoms.